The molecule has 0 amide bonds. The number of nitrogens with one attached hydrogen (secondary N) is 1. The molecule has 2 unspecified atom stereocenters. The Morgan fingerprint density at radius 1 is 1.54 bits per heavy atom. The molecule has 0 saturated carbocycles. The summed E-state index contributed by atoms with van der Waals surface area (Å²) in [7, 11) is 2.28. The van der Waals surface area contributed by atoms with E-state index in [4.69, 9.17) is 0 Å². The van der Waals surface area contributed by atoms with Gasteiger partial charge in [-0.05, 0) is 39.8 Å². The number of nitrogens with zero attached hydrogens (tertiary/aromatic N) is 1. The summed E-state index contributed by atoms with van der Waals surface area (Å²) in [5.74, 6) is 0. The highest BCUT2D eigenvalue weighted by Crippen LogP contribution is 2.13. The number of piperidine rings is 1. The molecule has 0 aliphatic carbocycles. The minimum absolute atomic E-state index is 0.745. The monoisotopic (exact) mass is 184 g/mol. The molecule has 78 valence electrons. The lowest BCUT2D eigenvalue weighted by Crippen LogP contribution is -2.47. The maximum absolute atomic E-state index is 3.47. The summed E-state index contributed by atoms with van der Waals surface area (Å²) in [6, 6.07) is 1.52. The van der Waals surface area contributed by atoms with Crippen molar-refractivity contribution in [2.24, 2.45) is 0 Å². The van der Waals surface area contributed by atoms with Crippen molar-refractivity contribution in [2.45, 2.75) is 51.6 Å². The van der Waals surface area contributed by atoms with Gasteiger partial charge in [-0.25, -0.2) is 0 Å². The summed E-state index contributed by atoms with van der Waals surface area (Å²) < 4.78 is 0. The van der Waals surface area contributed by atoms with Gasteiger partial charge in [0.05, 0.1) is 0 Å². The molecule has 1 fully saturated rings. The van der Waals surface area contributed by atoms with Crippen LogP contribution in [0.15, 0.2) is 0 Å². The Labute approximate surface area is 82.7 Å². The average Bonchev–Trinajstić information content (AvgIpc) is 2.18. The fourth-order valence-corrected chi connectivity index (χ4v) is 2.16. The zero-order valence-electron chi connectivity index (χ0n) is 9.34. The average molecular weight is 184 g/mol. The smallest absolute Gasteiger partial charge is 0.0220 e. The molecule has 0 spiro atoms. The molecule has 2 nitrogen and oxygen atoms in total. The highest BCUT2D eigenvalue weighted by molar-refractivity contribution is 4.79. The molecule has 2 atom stereocenters. The van der Waals surface area contributed by atoms with Crippen LogP contribution in [0.4, 0.5) is 0 Å². The Kier molecular flexibility index (Phi) is 4.74. The summed E-state index contributed by atoms with van der Waals surface area (Å²) in [6.45, 7) is 7.01. The molecule has 0 radical (unpaired) electrons. The molecule has 1 heterocycles. The first-order valence-electron chi connectivity index (χ1n) is 5.68. The second kappa shape index (κ2) is 5.61. The number of hydrogen-bond acceptors (Lipinski definition) is 2. The van der Waals surface area contributed by atoms with E-state index in [2.05, 4.69) is 31.1 Å². The van der Waals surface area contributed by atoms with Crippen molar-refractivity contribution >= 4 is 0 Å². The zero-order chi connectivity index (χ0) is 9.68. The van der Waals surface area contributed by atoms with Crippen molar-refractivity contribution in [2.75, 3.05) is 20.1 Å². The Bertz CT molecular complexity index is 130. The van der Waals surface area contributed by atoms with Gasteiger partial charge in [0.15, 0.2) is 0 Å². The van der Waals surface area contributed by atoms with Gasteiger partial charge in [-0.3, -0.25) is 4.90 Å². The lowest BCUT2D eigenvalue weighted by molar-refractivity contribution is 0.149. The molecule has 0 aromatic rings. The van der Waals surface area contributed by atoms with Crippen LogP contribution >= 0.6 is 0 Å². The first-order valence-corrected chi connectivity index (χ1v) is 5.68. The molecule has 2 heteroatoms. The molecule has 0 aromatic carbocycles. The fraction of sp³-hybridized carbons (Fsp3) is 1.00. The van der Waals surface area contributed by atoms with Crippen molar-refractivity contribution in [1.29, 1.82) is 0 Å². The van der Waals surface area contributed by atoms with Crippen LogP contribution in [0.3, 0.4) is 0 Å². The van der Waals surface area contributed by atoms with E-state index >= 15 is 0 Å². The summed E-state index contributed by atoms with van der Waals surface area (Å²) in [5.41, 5.74) is 0. The molecular formula is C11H24N2. The molecule has 1 aliphatic rings. The number of rotatable bonds is 4. The van der Waals surface area contributed by atoms with Gasteiger partial charge < -0.3 is 5.32 Å². The molecule has 0 aromatic heterocycles. The van der Waals surface area contributed by atoms with Crippen LogP contribution in [0.1, 0.15) is 39.5 Å². The lowest BCUT2D eigenvalue weighted by atomic mass is 10.0. The van der Waals surface area contributed by atoms with E-state index in [0.717, 1.165) is 12.1 Å². The predicted octanol–water partition coefficient (Wildman–Crippen LogP) is 1.86. The normalized spacial score (nSPS) is 26.3. The maximum atomic E-state index is 3.47. The molecule has 1 saturated heterocycles. The van der Waals surface area contributed by atoms with Gasteiger partial charge in [0.25, 0.3) is 0 Å². The molecule has 1 rings (SSSR count). The third-order valence-corrected chi connectivity index (χ3v) is 3.25. The minimum Gasteiger partial charge on any atom is -0.315 e. The summed E-state index contributed by atoms with van der Waals surface area (Å²) >= 11 is 0. The summed E-state index contributed by atoms with van der Waals surface area (Å²) in [6.07, 6.45) is 5.34. The Morgan fingerprint density at radius 3 is 2.85 bits per heavy atom. The first kappa shape index (κ1) is 11.0. The maximum Gasteiger partial charge on any atom is 0.0220 e. The van der Waals surface area contributed by atoms with Crippen LogP contribution in [0.2, 0.25) is 0 Å². The Balaban J connectivity index is 2.31. The standard InChI is InChI=1S/C11H24N2/c1-4-6-10(2)13(3)11-7-5-8-12-9-11/h10-12H,4-9H2,1-3H3. The Hall–Kier alpha value is -0.0800. The second-order valence-corrected chi connectivity index (χ2v) is 4.30. The van der Waals surface area contributed by atoms with Crippen LogP contribution in [-0.4, -0.2) is 37.1 Å². The van der Waals surface area contributed by atoms with Gasteiger partial charge in [-0.15, -0.1) is 0 Å². The first-order chi connectivity index (χ1) is 6.25. The topological polar surface area (TPSA) is 15.3 Å². The summed E-state index contributed by atoms with van der Waals surface area (Å²) in [4.78, 5) is 2.55. The quantitative estimate of drug-likeness (QED) is 0.717. The molecular weight excluding hydrogens is 160 g/mol. The summed E-state index contributed by atoms with van der Waals surface area (Å²) in [5, 5.41) is 3.47. The third kappa shape index (κ3) is 3.28. The van der Waals surface area contributed by atoms with Gasteiger partial charge in [0.1, 0.15) is 0 Å². The van der Waals surface area contributed by atoms with E-state index in [1.165, 1.54) is 38.8 Å². The van der Waals surface area contributed by atoms with E-state index < -0.39 is 0 Å². The van der Waals surface area contributed by atoms with Crippen LogP contribution in [0.25, 0.3) is 0 Å². The van der Waals surface area contributed by atoms with E-state index in [1.54, 1.807) is 0 Å². The van der Waals surface area contributed by atoms with E-state index in [0.29, 0.717) is 0 Å². The van der Waals surface area contributed by atoms with Crippen molar-refractivity contribution in [3.63, 3.8) is 0 Å². The third-order valence-electron chi connectivity index (χ3n) is 3.25. The minimum atomic E-state index is 0.745. The highest BCUT2D eigenvalue weighted by atomic mass is 15.2. The lowest BCUT2D eigenvalue weighted by Gasteiger charge is -2.35. The van der Waals surface area contributed by atoms with Gasteiger partial charge in [0, 0.05) is 18.6 Å². The Morgan fingerprint density at radius 2 is 2.31 bits per heavy atom. The van der Waals surface area contributed by atoms with E-state index in [1.807, 2.05) is 0 Å². The van der Waals surface area contributed by atoms with Crippen molar-refractivity contribution < 1.29 is 0 Å². The number of likely N-dealkylation sites (N-methyl/N-ethyl adjacent to an activating group) is 1. The van der Waals surface area contributed by atoms with Crippen molar-refractivity contribution in [1.82, 2.24) is 10.2 Å². The zero-order valence-corrected chi connectivity index (χ0v) is 9.34. The second-order valence-electron chi connectivity index (χ2n) is 4.30. The molecule has 1 aliphatic heterocycles. The van der Waals surface area contributed by atoms with Gasteiger partial charge in [0.2, 0.25) is 0 Å². The molecule has 0 bridgehead atoms. The molecule has 13 heavy (non-hydrogen) atoms. The van der Waals surface area contributed by atoms with Crippen LogP contribution in [0.5, 0.6) is 0 Å². The number of hydrogen-bond donors (Lipinski definition) is 1. The largest absolute Gasteiger partial charge is 0.315 e. The van der Waals surface area contributed by atoms with E-state index in [-0.39, 0.29) is 0 Å². The highest BCUT2D eigenvalue weighted by Gasteiger charge is 2.20. The van der Waals surface area contributed by atoms with Crippen molar-refractivity contribution in [3.05, 3.63) is 0 Å². The van der Waals surface area contributed by atoms with Crippen molar-refractivity contribution in [3.8, 4) is 0 Å². The van der Waals surface area contributed by atoms with Crippen LogP contribution in [-0.2, 0) is 0 Å². The fourth-order valence-electron chi connectivity index (χ4n) is 2.16. The van der Waals surface area contributed by atoms with Gasteiger partial charge in [-0.2, -0.15) is 0 Å². The van der Waals surface area contributed by atoms with Crippen LogP contribution < -0.4 is 5.32 Å². The van der Waals surface area contributed by atoms with Gasteiger partial charge in [-0.1, -0.05) is 13.3 Å². The SMILES string of the molecule is CCCC(C)N(C)C1CCCNC1. The van der Waals surface area contributed by atoms with E-state index in [9.17, 15) is 0 Å². The predicted molar refractivity (Wildman–Crippen MR) is 58.0 cm³/mol. The van der Waals surface area contributed by atoms with Gasteiger partial charge >= 0.3 is 0 Å². The van der Waals surface area contributed by atoms with Crippen LogP contribution in [0, 0.1) is 0 Å². The molecule has 1 N–H and O–H groups in total.